The van der Waals surface area contributed by atoms with Crippen LogP contribution in [0, 0.1) is 15.9 Å². The molecular weight excluding hydrogens is 407 g/mol. The van der Waals surface area contributed by atoms with Crippen molar-refractivity contribution in [2.75, 3.05) is 5.32 Å². The molecule has 7 nitrogen and oxygen atoms in total. The smallest absolute Gasteiger partial charge is 0.269 e. The van der Waals surface area contributed by atoms with Crippen LogP contribution in [0.25, 0.3) is 0 Å². The molecule has 10 heteroatoms. The predicted octanol–water partition coefficient (Wildman–Crippen LogP) is 4.20. The minimum atomic E-state index is -0.514. The number of anilines is 1. The van der Waals surface area contributed by atoms with E-state index < -0.39 is 10.7 Å². The highest BCUT2D eigenvalue weighted by Crippen LogP contribution is 2.21. The maximum Gasteiger partial charge on any atom is 0.269 e. The summed E-state index contributed by atoms with van der Waals surface area (Å²) in [4.78, 5) is 27.5. The summed E-state index contributed by atoms with van der Waals surface area (Å²) in [5, 5.41) is 15.2. The number of carbonyl (C=O) groups excluding carboxylic acids is 1. The third-order valence-electron chi connectivity index (χ3n) is 3.85. The Hall–Kier alpha value is -3.04. The Kier molecular flexibility index (Phi) is 5.86. The number of nitrogens with one attached hydrogen (secondary N) is 1. The highest BCUT2D eigenvalue weighted by Gasteiger charge is 2.10. The summed E-state index contributed by atoms with van der Waals surface area (Å²) in [6.45, 7) is 0. The first-order chi connectivity index (χ1) is 13.3. The molecular formula is C18H14ClFN4O3S. The molecule has 144 valence electrons. The molecule has 0 spiro atoms. The lowest BCUT2D eigenvalue weighted by Gasteiger charge is -2.06. The molecule has 0 aliphatic heterocycles. The van der Waals surface area contributed by atoms with Gasteiger partial charge in [0, 0.05) is 35.9 Å². The van der Waals surface area contributed by atoms with E-state index in [1.165, 1.54) is 53.8 Å². The largest absolute Gasteiger partial charge is 0.326 e. The fraction of sp³-hybridized carbons (Fsp3) is 0.111. The third-order valence-corrected chi connectivity index (χ3v) is 5.11. The van der Waals surface area contributed by atoms with E-state index in [0.717, 1.165) is 5.69 Å². The molecule has 1 aromatic heterocycles. The lowest BCUT2D eigenvalue weighted by atomic mass is 10.2. The lowest BCUT2D eigenvalue weighted by molar-refractivity contribution is -0.384. The van der Waals surface area contributed by atoms with E-state index in [2.05, 4.69) is 10.3 Å². The first-order valence-corrected chi connectivity index (χ1v) is 9.27. The predicted molar refractivity (Wildman–Crippen MR) is 105 cm³/mol. The average Bonchev–Trinajstić information content (AvgIpc) is 2.98. The number of aromatic nitrogens is 1. The number of hydrogen-bond donors (Lipinski definition) is 1. The molecule has 0 aliphatic rings. The summed E-state index contributed by atoms with van der Waals surface area (Å²) in [7, 11) is 1.77. The van der Waals surface area contributed by atoms with E-state index in [1.807, 2.05) is 0 Å². The van der Waals surface area contributed by atoms with Crippen LogP contribution >= 0.6 is 22.9 Å². The first-order valence-electron chi connectivity index (χ1n) is 8.01. The fourth-order valence-corrected chi connectivity index (χ4v) is 3.46. The minimum absolute atomic E-state index is 0.0110. The molecule has 1 heterocycles. The molecule has 0 unspecified atom stereocenters. The molecule has 1 N–H and O–H groups in total. The van der Waals surface area contributed by atoms with Gasteiger partial charge in [-0.3, -0.25) is 14.9 Å². The number of nitrogens with zero attached hydrogens (tertiary/aromatic N) is 3. The van der Waals surface area contributed by atoms with Gasteiger partial charge >= 0.3 is 0 Å². The molecule has 3 rings (SSSR count). The number of amides is 1. The molecule has 0 bridgehead atoms. The first kappa shape index (κ1) is 19.7. The monoisotopic (exact) mass is 420 g/mol. The highest BCUT2D eigenvalue weighted by atomic mass is 35.5. The van der Waals surface area contributed by atoms with Crippen LogP contribution in [-0.4, -0.2) is 15.4 Å². The van der Waals surface area contributed by atoms with Gasteiger partial charge in [-0.05, 0) is 30.3 Å². The number of nitro benzene ring substituents is 1. The van der Waals surface area contributed by atoms with Gasteiger partial charge in [-0.25, -0.2) is 9.38 Å². The van der Waals surface area contributed by atoms with Crippen molar-refractivity contribution in [1.82, 2.24) is 4.57 Å². The van der Waals surface area contributed by atoms with Crippen molar-refractivity contribution in [3.8, 4) is 0 Å². The molecule has 0 radical (unpaired) electrons. The molecule has 1 amide bonds. The zero-order valence-electron chi connectivity index (χ0n) is 14.6. The van der Waals surface area contributed by atoms with Crippen molar-refractivity contribution in [1.29, 1.82) is 0 Å². The van der Waals surface area contributed by atoms with Crippen LogP contribution in [0.2, 0.25) is 5.02 Å². The van der Waals surface area contributed by atoms with E-state index in [0.29, 0.717) is 16.2 Å². The van der Waals surface area contributed by atoms with Crippen LogP contribution in [-0.2, 0) is 18.3 Å². The number of rotatable bonds is 5. The summed E-state index contributed by atoms with van der Waals surface area (Å²) in [5.74, 6) is -0.779. The van der Waals surface area contributed by atoms with Crippen LogP contribution in [0.5, 0.6) is 0 Å². The van der Waals surface area contributed by atoms with Gasteiger partial charge in [0.05, 0.1) is 22.1 Å². The van der Waals surface area contributed by atoms with Gasteiger partial charge in [0.2, 0.25) is 5.91 Å². The van der Waals surface area contributed by atoms with Crippen molar-refractivity contribution in [2.45, 2.75) is 6.42 Å². The van der Waals surface area contributed by atoms with Crippen LogP contribution in [0.1, 0.15) is 5.69 Å². The Morgan fingerprint density at radius 3 is 2.68 bits per heavy atom. The SMILES string of the molecule is Cn1c(CC(=O)Nc2ccc([N+](=O)[O-])cc2)csc1=Nc1ccc(F)c(Cl)c1. The quantitative estimate of drug-likeness (QED) is 0.495. The average molecular weight is 421 g/mol. The zero-order chi connectivity index (χ0) is 20.3. The Bertz CT molecular complexity index is 1110. The molecule has 0 fully saturated rings. The topological polar surface area (TPSA) is 89.5 Å². The van der Waals surface area contributed by atoms with E-state index in [1.54, 1.807) is 17.0 Å². The van der Waals surface area contributed by atoms with E-state index in [4.69, 9.17) is 11.6 Å². The van der Waals surface area contributed by atoms with Gasteiger partial charge < -0.3 is 9.88 Å². The molecule has 28 heavy (non-hydrogen) atoms. The Balaban J connectivity index is 1.72. The van der Waals surface area contributed by atoms with Crippen LogP contribution in [0.15, 0.2) is 52.8 Å². The Morgan fingerprint density at radius 2 is 2.04 bits per heavy atom. The molecule has 0 atom stereocenters. The Labute approximate surface area is 167 Å². The van der Waals surface area contributed by atoms with Gasteiger partial charge in [0.25, 0.3) is 5.69 Å². The third kappa shape index (κ3) is 4.62. The highest BCUT2D eigenvalue weighted by molar-refractivity contribution is 7.07. The van der Waals surface area contributed by atoms with Crippen molar-refractivity contribution >= 4 is 45.9 Å². The van der Waals surface area contributed by atoms with Crippen molar-refractivity contribution < 1.29 is 14.1 Å². The van der Waals surface area contributed by atoms with Gasteiger partial charge in [-0.2, -0.15) is 0 Å². The van der Waals surface area contributed by atoms with Crippen LogP contribution in [0.3, 0.4) is 0 Å². The zero-order valence-corrected chi connectivity index (χ0v) is 16.1. The molecule has 0 saturated carbocycles. The number of hydrogen-bond acceptors (Lipinski definition) is 5. The summed E-state index contributed by atoms with van der Waals surface area (Å²) in [6.07, 6.45) is 0.101. The molecule has 3 aromatic rings. The second kappa shape index (κ2) is 8.32. The van der Waals surface area contributed by atoms with Gasteiger partial charge in [0.15, 0.2) is 4.80 Å². The van der Waals surface area contributed by atoms with Gasteiger partial charge in [-0.1, -0.05) is 11.6 Å². The Morgan fingerprint density at radius 1 is 1.32 bits per heavy atom. The number of non-ortho nitro benzene ring substituents is 1. The van der Waals surface area contributed by atoms with E-state index >= 15 is 0 Å². The number of halogens is 2. The van der Waals surface area contributed by atoms with Crippen LogP contribution in [0.4, 0.5) is 21.5 Å². The van der Waals surface area contributed by atoms with Crippen molar-refractivity contribution in [3.63, 3.8) is 0 Å². The normalized spacial score (nSPS) is 11.5. The summed E-state index contributed by atoms with van der Waals surface area (Å²) >= 11 is 7.11. The second-order valence-electron chi connectivity index (χ2n) is 5.81. The fourth-order valence-electron chi connectivity index (χ4n) is 2.36. The molecule has 2 aromatic carbocycles. The summed E-state index contributed by atoms with van der Waals surface area (Å²) in [5.41, 5.74) is 1.66. The number of thiazole rings is 1. The number of nitro groups is 1. The molecule has 0 aliphatic carbocycles. The van der Waals surface area contributed by atoms with Crippen molar-refractivity contribution in [3.05, 3.63) is 79.3 Å². The number of benzene rings is 2. The van der Waals surface area contributed by atoms with Gasteiger partial charge in [-0.15, -0.1) is 11.3 Å². The van der Waals surface area contributed by atoms with Crippen molar-refractivity contribution in [2.24, 2.45) is 12.0 Å². The second-order valence-corrected chi connectivity index (χ2v) is 7.05. The van der Waals surface area contributed by atoms with Crippen LogP contribution < -0.4 is 10.1 Å². The maximum absolute atomic E-state index is 13.3. The van der Waals surface area contributed by atoms with Gasteiger partial charge in [0.1, 0.15) is 5.82 Å². The standard InChI is InChI=1S/C18H14ClFN4O3S/c1-23-14(9-17(25)21-11-2-5-13(6-3-11)24(26)27)10-28-18(23)22-12-4-7-16(20)15(19)8-12/h2-8,10H,9H2,1H3,(H,21,25). The molecule has 0 saturated heterocycles. The number of carbonyl (C=O) groups is 1. The van der Waals surface area contributed by atoms with E-state index in [9.17, 15) is 19.3 Å². The van der Waals surface area contributed by atoms with E-state index in [-0.39, 0.29) is 23.0 Å². The maximum atomic E-state index is 13.3. The minimum Gasteiger partial charge on any atom is -0.326 e. The summed E-state index contributed by atoms with van der Waals surface area (Å²) < 4.78 is 15.0. The lowest BCUT2D eigenvalue weighted by Crippen LogP contribution is -2.19. The summed E-state index contributed by atoms with van der Waals surface area (Å²) in [6, 6.07) is 9.79.